The molecule has 0 radical (unpaired) electrons. The molecule has 2 rings (SSSR count). The number of nitrogens with zero attached hydrogens (tertiary/aromatic N) is 1. The Balaban J connectivity index is 1.96. The standard InChI is InChI=1S/C19H21N3O4/c1-20-19(24)17(13-15-7-10-16(11-8-15)22(25)26)21-18(23)12-9-14-5-3-2-4-6-14/h2-8,10-11,17H,9,12-13H2,1H3,(H,20,24)(H,21,23). The highest BCUT2D eigenvalue weighted by molar-refractivity contribution is 5.87. The fourth-order valence-corrected chi connectivity index (χ4v) is 2.54. The van der Waals surface area contributed by atoms with Crippen molar-refractivity contribution in [2.75, 3.05) is 7.05 Å². The van der Waals surface area contributed by atoms with Gasteiger partial charge in [-0.25, -0.2) is 0 Å². The maximum Gasteiger partial charge on any atom is 0.269 e. The molecule has 2 aromatic rings. The molecule has 0 aliphatic carbocycles. The van der Waals surface area contributed by atoms with Gasteiger partial charge in [-0.3, -0.25) is 19.7 Å². The molecule has 26 heavy (non-hydrogen) atoms. The van der Waals surface area contributed by atoms with Crippen LogP contribution in [0, 0.1) is 10.1 Å². The first kappa shape index (κ1) is 19.1. The van der Waals surface area contributed by atoms with Crippen molar-refractivity contribution in [3.8, 4) is 0 Å². The summed E-state index contributed by atoms with van der Waals surface area (Å²) in [5.74, 6) is -0.527. The van der Waals surface area contributed by atoms with Gasteiger partial charge in [-0.05, 0) is 17.5 Å². The van der Waals surface area contributed by atoms with Crippen molar-refractivity contribution in [3.63, 3.8) is 0 Å². The van der Waals surface area contributed by atoms with Crippen LogP contribution >= 0.6 is 0 Å². The summed E-state index contributed by atoms with van der Waals surface area (Å²) in [5.41, 5.74) is 1.76. The maximum absolute atomic E-state index is 12.2. The van der Waals surface area contributed by atoms with Crippen molar-refractivity contribution in [2.24, 2.45) is 0 Å². The zero-order chi connectivity index (χ0) is 18.9. The van der Waals surface area contributed by atoms with Crippen LogP contribution < -0.4 is 10.6 Å². The Bertz CT molecular complexity index is 760. The summed E-state index contributed by atoms with van der Waals surface area (Å²) in [5, 5.41) is 16.0. The minimum absolute atomic E-state index is 0.0165. The van der Waals surface area contributed by atoms with Crippen molar-refractivity contribution >= 4 is 17.5 Å². The maximum atomic E-state index is 12.2. The van der Waals surface area contributed by atoms with Crippen LogP contribution in [0.25, 0.3) is 0 Å². The quantitative estimate of drug-likeness (QED) is 0.558. The van der Waals surface area contributed by atoms with E-state index in [2.05, 4.69) is 10.6 Å². The molecule has 0 heterocycles. The molecule has 2 amide bonds. The van der Waals surface area contributed by atoms with E-state index in [1.807, 2.05) is 30.3 Å². The van der Waals surface area contributed by atoms with E-state index in [1.165, 1.54) is 19.2 Å². The summed E-state index contributed by atoms with van der Waals surface area (Å²) in [6.45, 7) is 0. The molecule has 0 aliphatic heterocycles. The van der Waals surface area contributed by atoms with Gasteiger partial charge in [-0.1, -0.05) is 42.5 Å². The van der Waals surface area contributed by atoms with Gasteiger partial charge in [0.1, 0.15) is 6.04 Å². The lowest BCUT2D eigenvalue weighted by atomic mass is 10.0. The number of nitrogens with one attached hydrogen (secondary N) is 2. The number of carbonyl (C=O) groups excluding carboxylic acids is 2. The molecule has 0 aliphatic rings. The van der Waals surface area contributed by atoms with E-state index < -0.39 is 11.0 Å². The molecule has 136 valence electrons. The van der Waals surface area contributed by atoms with Crippen LogP contribution in [-0.2, 0) is 22.4 Å². The van der Waals surface area contributed by atoms with Crippen LogP contribution in [0.3, 0.4) is 0 Å². The number of carbonyl (C=O) groups is 2. The number of amides is 2. The molecule has 1 atom stereocenters. The lowest BCUT2D eigenvalue weighted by Crippen LogP contribution is -2.47. The van der Waals surface area contributed by atoms with Gasteiger partial charge in [0.05, 0.1) is 4.92 Å². The van der Waals surface area contributed by atoms with E-state index >= 15 is 0 Å². The largest absolute Gasteiger partial charge is 0.357 e. The van der Waals surface area contributed by atoms with Crippen molar-refractivity contribution in [2.45, 2.75) is 25.3 Å². The summed E-state index contributed by atoms with van der Waals surface area (Å²) < 4.78 is 0. The van der Waals surface area contributed by atoms with Crippen LogP contribution in [0.4, 0.5) is 5.69 Å². The second-order valence-corrected chi connectivity index (χ2v) is 5.85. The first-order valence-electron chi connectivity index (χ1n) is 8.28. The Morgan fingerprint density at radius 2 is 1.69 bits per heavy atom. The molecule has 7 nitrogen and oxygen atoms in total. The van der Waals surface area contributed by atoms with Crippen LogP contribution in [-0.4, -0.2) is 29.8 Å². The van der Waals surface area contributed by atoms with Crippen LogP contribution in [0.5, 0.6) is 0 Å². The predicted octanol–water partition coefficient (Wildman–Crippen LogP) is 2.00. The third kappa shape index (κ3) is 5.70. The third-order valence-corrected chi connectivity index (χ3v) is 3.97. The second kappa shape index (κ2) is 9.31. The molecule has 2 N–H and O–H groups in total. The van der Waals surface area contributed by atoms with Gasteiger partial charge in [-0.15, -0.1) is 0 Å². The molecule has 0 saturated heterocycles. The van der Waals surface area contributed by atoms with Gasteiger partial charge in [0.25, 0.3) is 5.69 Å². The van der Waals surface area contributed by atoms with E-state index in [1.54, 1.807) is 12.1 Å². The first-order valence-corrected chi connectivity index (χ1v) is 8.28. The predicted molar refractivity (Wildman–Crippen MR) is 97.6 cm³/mol. The van der Waals surface area contributed by atoms with Gasteiger partial charge in [-0.2, -0.15) is 0 Å². The van der Waals surface area contributed by atoms with E-state index in [-0.39, 0.29) is 30.3 Å². The highest BCUT2D eigenvalue weighted by atomic mass is 16.6. The second-order valence-electron chi connectivity index (χ2n) is 5.85. The molecule has 7 heteroatoms. The molecule has 0 bridgehead atoms. The summed E-state index contributed by atoms with van der Waals surface area (Å²) in [7, 11) is 1.50. The minimum atomic E-state index is -0.732. The number of nitro benzene ring substituents is 1. The normalized spacial score (nSPS) is 11.4. The SMILES string of the molecule is CNC(=O)C(Cc1ccc([N+](=O)[O-])cc1)NC(=O)CCc1ccccc1. The van der Waals surface area contributed by atoms with E-state index in [0.717, 1.165) is 11.1 Å². The fraction of sp³-hybridized carbons (Fsp3) is 0.263. The average Bonchev–Trinajstić information content (AvgIpc) is 2.66. The van der Waals surface area contributed by atoms with Crippen molar-refractivity contribution < 1.29 is 14.5 Å². The topological polar surface area (TPSA) is 101 Å². The Morgan fingerprint density at radius 3 is 2.27 bits per heavy atom. The molecule has 0 spiro atoms. The Morgan fingerprint density at radius 1 is 1.04 bits per heavy atom. The third-order valence-electron chi connectivity index (χ3n) is 3.97. The van der Waals surface area contributed by atoms with E-state index in [0.29, 0.717) is 6.42 Å². The van der Waals surface area contributed by atoms with E-state index in [4.69, 9.17) is 0 Å². The molecule has 0 saturated carbocycles. The smallest absolute Gasteiger partial charge is 0.269 e. The number of hydrogen-bond donors (Lipinski definition) is 2. The number of aryl methyl sites for hydroxylation is 1. The number of nitro groups is 1. The van der Waals surface area contributed by atoms with Crippen LogP contribution in [0.1, 0.15) is 17.5 Å². The zero-order valence-corrected chi connectivity index (χ0v) is 14.5. The molecule has 2 aromatic carbocycles. The molecule has 0 fully saturated rings. The van der Waals surface area contributed by atoms with Gasteiger partial charge in [0.2, 0.25) is 11.8 Å². The number of hydrogen-bond acceptors (Lipinski definition) is 4. The lowest BCUT2D eigenvalue weighted by Gasteiger charge is -2.17. The van der Waals surface area contributed by atoms with Gasteiger partial charge >= 0.3 is 0 Å². The molecular formula is C19H21N3O4. The lowest BCUT2D eigenvalue weighted by molar-refractivity contribution is -0.384. The minimum Gasteiger partial charge on any atom is -0.357 e. The first-order chi connectivity index (χ1) is 12.5. The fourth-order valence-electron chi connectivity index (χ4n) is 2.54. The highest BCUT2D eigenvalue weighted by Crippen LogP contribution is 2.13. The summed E-state index contributed by atoms with van der Waals surface area (Å²) in [4.78, 5) is 34.5. The Kier molecular flexibility index (Phi) is 6.84. The monoisotopic (exact) mass is 355 g/mol. The molecule has 0 aromatic heterocycles. The number of likely N-dealkylation sites (N-methyl/N-ethyl adjacent to an activating group) is 1. The van der Waals surface area contributed by atoms with Gasteiger partial charge < -0.3 is 10.6 Å². The van der Waals surface area contributed by atoms with Gasteiger partial charge in [0.15, 0.2) is 0 Å². The van der Waals surface area contributed by atoms with Crippen molar-refractivity contribution in [1.29, 1.82) is 0 Å². The summed E-state index contributed by atoms with van der Waals surface area (Å²) >= 11 is 0. The van der Waals surface area contributed by atoms with Crippen molar-refractivity contribution in [3.05, 3.63) is 75.8 Å². The van der Waals surface area contributed by atoms with Crippen LogP contribution in [0.15, 0.2) is 54.6 Å². The van der Waals surface area contributed by atoms with Gasteiger partial charge in [0, 0.05) is 32.0 Å². The average molecular weight is 355 g/mol. The van der Waals surface area contributed by atoms with Crippen molar-refractivity contribution in [1.82, 2.24) is 10.6 Å². The number of non-ortho nitro benzene ring substituents is 1. The molecule has 1 unspecified atom stereocenters. The Labute approximate surface area is 151 Å². The van der Waals surface area contributed by atoms with Crippen LogP contribution in [0.2, 0.25) is 0 Å². The number of rotatable bonds is 8. The molecular weight excluding hydrogens is 334 g/mol. The zero-order valence-electron chi connectivity index (χ0n) is 14.5. The summed E-state index contributed by atoms with van der Waals surface area (Å²) in [6, 6.07) is 14.8. The number of benzene rings is 2. The highest BCUT2D eigenvalue weighted by Gasteiger charge is 2.20. The van der Waals surface area contributed by atoms with E-state index in [9.17, 15) is 19.7 Å². The summed E-state index contributed by atoms with van der Waals surface area (Å²) in [6.07, 6.45) is 1.12. The Hall–Kier alpha value is -3.22.